The van der Waals surface area contributed by atoms with E-state index in [1.165, 1.54) is 20.2 Å². The van der Waals surface area contributed by atoms with Crippen molar-refractivity contribution in [3.8, 4) is 0 Å². The van der Waals surface area contributed by atoms with Gasteiger partial charge in [0.2, 0.25) is 5.91 Å². The van der Waals surface area contributed by atoms with E-state index in [0.29, 0.717) is 6.42 Å². The van der Waals surface area contributed by atoms with Crippen LogP contribution in [0.1, 0.15) is 20.2 Å². The lowest BCUT2D eigenvalue weighted by atomic mass is 10.1. The maximum absolute atomic E-state index is 12.2. The summed E-state index contributed by atoms with van der Waals surface area (Å²) in [5, 5.41) is 2.13. The van der Waals surface area contributed by atoms with Crippen LogP contribution in [0.25, 0.3) is 0 Å². The molecule has 0 fully saturated rings. The third-order valence-electron chi connectivity index (χ3n) is 3.28. The Morgan fingerprint density at radius 1 is 1.39 bits per heavy atom. The Morgan fingerprint density at radius 2 is 2.28 bits per heavy atom. The van der Waals surface area contributed by atoms with Gasteiger partial charge in [0.25, 0.3) is 0 Å². The van der Waals surface area contributed by atoms with Crippen molar-refractivity contribution in [1.29, 1.82) is 0 Å². The molecule has 4 heteroatoms. The molecule has 1 amide bonds. The monoisotopic (exact) mass is 277 g/mol. The molecule has 2 aromatic heterocycles. The van der Waals surface area contributed by atoms with Crippen LogP contribution in [0.3, 0.4) is 0 Å². The second kappa shape index (κ2) is 4.86. The van der Waals surface area contributed by atoms with Crippen LogP contribution in [-0.4, -0.2) is 17.4 Å². The molecule has 0 unspecified atom stereocenters. The molecule has 0 saturated carbocycles. The molecule has 0 spiro atoms. The fourth-order valence-corrected chi connectivity index (χ4v) is 4.07. The molecule has 18 heavy (non-hydrogen) atoms. The lowest BCUT2D eigenvalue weighted by molar-refractivity contribution is -0.131. The summed E-state index contributed by atoms with van der Waals surface area (Å²) in [5.74, 6) is 0.258. The van der Waals surface area contributed by atoms with Gasteiger partial charge < -0.3 is 4.90 Å². The van der Waals surface area contributed by atoms with Crippen molar-refractivity contribution in [2.24, 2.45) is 0 Å². The topological polar surface area (TPSA) is 20.3 Å². The smallest absolute Gasteiger partial charge is 0.228 e. The van der Waals surface area contributed by atoms with Crippen molar-refractivity contribution in [1.82, 2.24) is 4.90 Å². The molecule has 0 N–H and O–H groups in total. The first-order valence-corrected chi connectivity index (χ1v) is 7.80. The molecule has 2 nitrogen and oxygen atoms in total. The number of fused-ring (bicyclic) bond motifs is 1. The van der Waals surface area contributed by atoms with E-state index in [4.69, 9.17) is 0 Å². The van der Waals surface area contributed by atoms with Gasteiger partial charge in [0, 0.05) is 27.7 Å². The fourth-order valence-electron chi connectivity index (χ4n) is 2.30. The Kier molecular flexibility index (Phi) is 3.22. The third-order valence-corrected chi connectivity index (χ3v) is 5.31. The molecule has 1 aliphatic heterocycles. The Hall–Kier alpha value is -1.13. The van der Waals surface area contributed by atoms with Crippen LogP contribution >= 0.6 is 22.7 Å². The van der Waals surface area contributed by atoms with Gasteiger partial charge in [0.05, 0.1) is 6.42 Å². The summed E-state index contributed by atoms with van der Waals surface area (Å²) >= 11 is 3.53. The highest BCUT2D eigenvalue weighted by Gasteiger charge is 2.21. The summed E-state index contributed by atoms with van der Waals surface area (Å²) in [6.07, 6.45) is 1.57. The van der Waals surface area contributed by atoms with Crippen molar-refractivity contribution >= 4 is 28.6 Å². The summed E-state index contributed by atoms with van der Waals surface area (Å²) in [6.45, 7) is 3.75. The van der Waals surface area contributed by atoms with Gasteiger partial charge in [-0.25, -0.2) is 0 Å². The summed E-state index contributed by atoms with van der Waals surface area (Å²) < 4.78 is 0. The number of aryl methyl sites for hydroxylation is 1. The molecule has 2 aromatic rings. The lowest BCUT2D eigenvalue weighted by Crippen LogP contribution is -2.36. The van der Waals surface area contributed by atoms with Crippen molar-refractivity contribution in [3.63, 3.8) is 0 Å². The Labute approximate surface area is 115 Å². The minimum absolute atomic E-state index is 0.258. The largest absolute Gasteiger partial charge is 0.338 e. The van der Waals surface area contributed by atoms with Gasteiger partial charge in [-0.2, -0.15) is 0 Å². The van der Waals surface area contributed by atoms with E-state index < -0.39 is 0 Å². The number of rotatable bonds is 2. The van der Waals surface area contributed by atoms with Crippen molar-refractivity contribution < 1.29 is 4.79 Å². The maximum Gasteiger partial charge on any atom is 0.228 e. The SMILES string of the molecule is Cc1ccc(CC(=O)N2CCc3sccc3C2)s1. The van der Waals surface area contributed by atoms with Crippen molar-refractivity contribution in [3.05, 3.63) is 43.8 Å². The predicted molar refractivity (Wildman–Crippen MR) is 76.2 cm³/mol. The Morgan fingerprint density at radius 3 is 3.06 bits per heavy atom. The zero-order chi connectivity index (χ0) is 12.5. The molecule has 0 radical (unpaired) electrons. The van der Waals surface area contributed by atoms with E-state index in [2.05, 4.69) is 30.5 Å². The molecule has 0 aromatic carbocycles. The molecule has 0 aliphatic carbocycles. The molecular formula is C14H15NOS2. The van der Waals surface area contributed by atoms with E-state index in [-0.39, 0.29) is 5.91 Å². The molecule has 0 atom stereocenters. The highest BCUT2D eigenvalue weighted by Crippen LogP contribution is 2.25. The zero-order valence-corrected chi connectivity index (χ0v) is 11.9. The van der Waals surface area contributed by atoms with Crippen LogP contribution in [0.15, 0.2) is 23.6 Å². The molecular weight excluding hydrogens is 262 g/mol. The molecule has 0 saturated heterocycles. The normalized spacial score (nSPS) is 14.6. The quantitative estimate of drug-likeness (QED) is 0.825. The number of carbonyl (C=O) groups is 1. The second-order valence-corrected chi connectivity index (χ2v) is 7.00. The van der Waals surface area contributed by atoms with E-state index in [1.54, 1.807) is 11.3 Å². The highest BCUT2D eigenvalue weighted by molar-refractivity contribution is 7.12. The zero-order valence-electron chi connectivity index (χ0n) is 10.3. The lowest BCUT2D eigenvalue weighted by Gasteiger charge is -2.26. The van der Waals surface area contributed by atoms with Gasteiger partial charge in [-0.15, -0.1) is 22.7 Å². The second-order valence-electron chi connectivity index (χ2n) is 4.62. The minimum atomic E-state index is 0.258. The van der Waals surface area contributed by atoms with E-state index in [0.717, 1.165) is 19.5 Å². The summed E-state index contributed by atoms with van der Waals surface area (Å²) in [7, 11) is 0. The van der Waals surface area contributed by atoms with Gasteiger partial charge in [-0.05, 0) is 42.5 Å². The van der Waals surface area contributed by atoms with Gasteiger partial charge >= 0.3 is 0 Å². The van der Waals surface area contributed by atoms with Crippen LogP contribution in [-0.2, 0) is 24.2 Å². The molecule has 3 heterocycles. The van der Waals surface area contributed by atoms with Crippen molar-refractivity contribution in [2.45, 2.75) is 26.3 Å². The summed E-state index contributed by atoms with van der Waals surface area (Å²) in [5.41, 5.74) is 1.34. The first kappa shape index (κ1) is 11.9. The maximum atomic E-state index is 12.2. The molecule has 94 valence electrons. The van der Waals surface area contributed by atoms with Gasteiger partial charge in [-0.3, -0.25) is 4.79 Å². The molecule has 3 rings (SSSR count). The van der Waals surface area contributed by atoms with Crippen molar-refractivity contribution in [2.75, 3.05) is 6.54 Å². The minimum Gasteiger partial charge on any atom is -0.338 e. The van der Waals surface area contributed by atoms with Crippen LogP contribution in [0.5, 0.6) is 0 Å². The first-order valence-electron chi connectivity index (χ1n) is 6.11. The summed E-state index contributed by atoms with van der Waals surface area (Å²) in [6, 6.07) is 6.30. The van der Waals surface area contributed by atoms with Gasteiger partial charge in [0.15, 0.2) is 0 Å². The predicted octanol–water partition coefficient (Wildman–Crippen LogP) is 3.25. The number of hydrogen-bond acceptors (Lipinski definition) is 3. The Bertz CT molecular complexity index is 570. The van der Waals surface area contributed by atoms with Gasteiger partial charge in [-0.1, -0.05) is 0 Å². The van der Waals surface area contributed by atoms with Gasteiger partial charge in [0.1, 0.15) is 0 Å². The first-order chi connectivity index (χ1) is 8.72. The number of hydrogen-bond donors (Lipinski definition) is 0. The average molecular weight is 277 g/mol. The van der Waals surface area contributed by atoms with Crippen LogP contribution < -0.4 is 0 Å². The highest BCUT2D eigenvalue weighted by atomic mass is 32.1. The Balaban J connectivity index is 1.67. The molecule has 0 bridgehead atoms. The third kappa shape index (κ3) is 2.35. The van der Waals surface area contributed by atoms with E-state index in [9.17, 15) is 4.79 Å². The van der Waals surface area contributed by atoms with E-state index in [1.807, 2.05) is 16.2 Å². The number of nitrogens with zero attached hydrogens (tertiary/aromatic N) is 1. The number of carbonyl (C=O) groups excluding carboxylic acids is 1. The average Bonchev–Trinajstić information content (AvgIpc) is 2.96. The molecule has 1 aliphatic rings. The van der Waals surface area contributed by atoms with Crippen LogP contribution in [0.4, 0.5) is 0 Å². The number of amides is 1. The van der Waals surface area contributed by atoms with Crippen LogP contribution in [0, 0.1) is 6.92 Å². The summed E-state index contributed by atoms with van der Waals surface area (Å²) in [4.78, 5) is 18.1. The number of thiophene rings is 2. The van der Waals surface area contributed by atoms with E-state index >= 15 is 0 Å². The fraction of sp³-hybridized carbons (Fsp3) is 0.357. The van der Waals surface area contributed by atoms with Crippen LogP contribution in [0.2, 0.25) is 0 Å². The standard InChI is InChI=1S/C14H15NOS2/c1-10-2-3-12(18-10)8-14(16)15-6-4-13-11(9-15)5-7-17-13/h2-3,5,7H,4,6,8-9H2,1H3.